The van der Waals surface area contributed by atoms with Gasteiger partial charge in [0.1, 0.15) is 11.3 Å². The SMILES string of the molecule is CCOC(=O)c1ccoc1CSc1ccc(CO)cc1. The number of furan rings is 1. The Bertz CT molecular complexity index is 560. The standard InChI is InChI=1S/C15H16O4S/c1-2-18-15(17)13-7-8-19-14(13)10-20-12-5-3-11(9-16)4-6-12/h3-8,16H,2,9-10H2,1H3. The zero-order valence-corrected chi connectivity index (χ0v) is 12.0. The molecule has 0 bridgehead atoms. The van der Waals surface area contributed by atoms with Gasteiger partial charge in [0.25, 0.3) is 0 Å². The van der Waals surface area contributed by atoms with E-state index in [0.29, 0.717) is 23.7 Å². The van der Waals surface area contributed by atoms with E-state index in [4.69, 9.17) is 14.3 Å². The summed E-state index contributed by atoms with van der Waals surface area (Å²) in [6, 6.07) is 9.24. The number of carbonyl (C=O) groups excluding carboxylic acids is 1. The lowest BCUT2D eigenvalue weighted by molar-refractivity contribution is 0.0524. The van der Waals surface area contributed by atoms with E-state index in [1.165, 1.54) is 6.26 Å². The molecular formula is C15H16O4S. The minimum absolute atomic E-state index is 0.0378. The number of esters is 1. The first-order valence-corrected chi connectivity index (χ1v) is 7.29. The van der Waals surface area contributed by atoms with Crippen molar-refractivity contribution in [2.75, 3.05) is 6.61 Å². The van der Waals surface area contributed by atoms with E-state index in [9.17, 15) is 4.79 Å². The Labute approximate surface area is 121 Å². The lowest BCUT2D eigenvalue weighted by atomic mass is 10.2. The van der Waals surface area contributed by atoms with Crippen LogP contribution in [0.3, 0.4) is 0 Å². The fourth-order valence-electron chi connectivity index (χ4n) is 1.68. The maximum Gasteiger partial charge on any atom is 0.341 e. The van der Waals surface area contributed by atoms with Gasteiger partial charge in [-0.05, 0) is 30.7 Å². The molecule has 0 atom stereocenters. The normalized spacial score (nSPS) is 10.5. The molecule has 0 unspecified atom stereocenters. The average Bonchev–Trinajstić information content (AvgIpc) is 2.94. The molecule has 1 aromatic carbocycles. The number of benzene rings is 1. The van der Waals surface area contributed by atoms with Gasteiger partial charge in [-0.15, -0.1) is 11.8 Å². The van der Waals surface area contributed by atoms with Crippen LogP contribution in [0.2, 0.25) is 0 Å². The number of aliphatic hydroxyl groups excluding tert-OH is 1. The molecule has 4 nitrogen and oxygen atoms in total. The van der Waals surface area contributed by atoms with Gasteiger partial charge in [-0.2, -0.15) is 0 Å². The lowest BCUT2D eigenvalue weighted by Gasteiger charge is -2.04. The number of hydrogen-bond acceptors (Lipinski definition) is 5. The first kappa shape index (κ1) is 14.7. The zero-order chi connectivity index (χ0) is 14.4. The lowest BCUT2D eigenvalue weighted by Crippen LogP contribution is -2.05. The molecular weight excluding hydrogens is 276 g/mol. The van der Waals surface area contributed by atoms with Gasteiger partial charge in [-0.1, -0.05) is 12.1 Å². The van der Waals surface area contributed by atoms with Crippen molar-refractivity contribution in [1.29, 1.82) is 0 Å². The first-order chi connectivity index (χ1) is 9.74. The number of ether oxygens (including phenoxy) is 1. The van der Waals surface area contributed by atoms with Crippen LogP contribution < -0.4 is 0 Å². The quantitative estimate of drug-likeness (QED) is 0.654. The molecule has 20 heavy (non-hydrogen) atoms. The van der Waals surface area contributed by atoms with Crippen LogP contribution in [0.1, 0.15) is 28.6 Å². The maximum absolute atomic E-state index is 11.7. The summed E-state index contributed by atoms with van der Waals surface area (Å²) in [5.74, 6) is 0.812. The number of thioether (sulfide) groups is 1. The molecule has 1 aromatic heterocycles. The number of carbonyl (C=O) groups is 1. The van der Waals surface area contributed by atoms with Crippen molar-refractivity contribution in [1.82, 2.24) is 0 Å². The molecule has 0 fully saturated rings. The van der Waals surface area contributed by atoms with Crippen molar-refractivity contribution in [2.24, 2.45) is 0 Å². The highest BCUT2D eigenvalue weighted by Crippen LogP contribution is 2.25. The van der Waals surface area contributed by atoms with Crippen LogP contribution in [-0.4, -0.2) is 17.7 Å². The summed E-state index contributed by atoms with van der Waals surface area (Å²) in [5, 5.41) is 8.98. The van der Waals surface area contributed by atoms with E-state index < -0.39 is 0 Å². The fourth-order valence-corrected chi connectivity index (χ4v) is 2.53. The summed E-state index contributed by atoms with van der Waals surface area (Å²) >= 11 is 1.56. The molecule has 0 aliphatic heterocycles. The van der Waals surface area contributed by atoms with Gasteiger partial charge in [0.05, 0.1) is 25.2 Å². The summed E-state index contributed by atoms with van der Waals surface area (Å²) in [6.45, 7) is 2.16. The molecule has 0 aliphatic rings. The van der Waals surface area contributed by atoms with Crippen LogP contribution in [0, 0.1) is 0 Å². The summed E-state index contributed by atoms with van der Waals surface area (Å²) in [6.07, 6.45) is 1.50. The van der Waals surface area contributed by atoms with Gasteiger partial charge in [0.2, 0.25) is 0 Å². The monoisotopic (exact) mass is 292 g/mol. The smallest absolute Gasteiger partial charge is 0.341 e. The van der Waals surface area contributed by atoms with Gasteiger partial charge >= 0.3 is 5.97 Å². The van der Waals surface area contributed by atoms with Crippen molar-refractivity contribution in [3.63, 3.8) is 0 Å². The largest absolute Gasteiger partial charge is 0.468 e. The Kier molecular flexibility index (Phi) is 5.26. The molecule has 0 spiro atoms. The number of aliphatic hydroxyl groups is 1. The van der Waals surface area contributed by atoms with E-state index in [2.05, 4.69) is 0 Å². The minimum Gasteiger partial charge on any atom is -0.468 e. The molecule has 1 N–H and O–H groups in total. The minimum atomic E-state index is -0.354. The number of rotatable bonds is 6. The summed E-state index contributed by atoms with van der Waals surface area (Å²) in [7, 11) is 0. The molecule has 0 saturated heterocycles. The van der Waals surface area contributed by atoms with Crippen molar-refractivity contribution >= 4 is 17.7 Å². The van der Waals surface area contributed by atoms with E-state index in [-0.39, 0.29) is 12.6 Å². The first-order valence-electron chi connectivity index (χ1n) is 6.30. The molecule has 0 aliphatic carbocycles. The highest BCUT2D eigenvalue weighted by atomic mass is 32.2. The van der Waals surface area contributed by atoms with Crippen molar-refractivity contribution in [2.45, 2.75) is 24.2 Å². The molecule has 1 heterocycles. The maximum atomic E-state index is 11.7. The van der Waals surface area contributed by atoms with Crippen molar-refractivity contribution in [3.05, 3.63) is 53.5 Å². The van der Waals surface area contributed by atoms with Crippen molar-refractivity contribution in [3.8, 4) is 0 Å². The molecule has 106 valence electrons. The molecule has 0 amide bonds. The van der Waals surface area contributed by atoms with Crippen LogP contribution in [0.25, 0.3) is 0 Å². The van der Waals surface area contributed by atoms with Crippen LogP contribution in [0.15, 0.2) is 45.9 Å². The zero-order valence-electron chi connectivity index (χ0n) is 11.2. The van der Waals surface area contributed by atoms with Crippen LogP contribution >= 0.6 is 11.8 Å². The van der Waals surface area contributed by atoms with Crippen LogP contribution in [0.5, 0.6) is 0 Å². The second-order valence-electron chi connectivity index (χ2n) is 4.07. The molecule has 2 rings (SSSR count). The second kappa shape index (κ2) is 7.17. The Hall–Kier alpha value is -1.72. The van der Waals surface area contributed by atoms with Gasteiger partial charge in [-0.3, -0.25) is 0 Å². The Morgan fingerprint density at radius 1 is 1.30 bits per heavy atom. The third-order valence-corrected chi connectivity index (χ3v) is 3.73. The third kappa shape index (κ3) is 3.65. The second-order valence-corrected chi connectivity index (χ2v) is 5.12. The molecule has 5 heteroatoms. The van der Waals surface area contributed by atoms with E-state index >= 15 is 0 Å². The van der Waals surface area contributed by atoms with Crippen LogP contribution in [0.4, 0.5) is 0 Å². The van der Waals surface area contributed by atoms with Crippen LogP contribution in [-0.2, 0) is 17.1 Å². The average molecular weight is 292 g/mol. The fraction of sp³-hybridized carbons (Fsp3) is 0.267. The van der Waals surface area contributed by atoms with E-state index in [1.807, 2.05) is 24.3 Å². The van der Waals surface area contributed by atoms with Gasteiger partial charge in [-0.25, -0.2) is 4.79 Å². The van der Waals surface area contributed by atoms with Gasteiger partial charge in [0, 0.05) is 4.90 Å². The highest BCUT2D eigenvalue weighted by Gasteiger charge is 2.15. The summed E-state index contributed by atoms with van der Waals surface area (Å²) in [4.78, 5) is 12.8. The Balaban J connectivity index is 2.00. The predicted molar refractivity (Wildman–Crippen MR) is 76.6 cm³/mol. The predicted octanol–water partition coefficient (Wildman–Crippen LogP) is 3.24. The molecule has 0 saturated carbocycles. The Morgan fingerprint density at radius 2 is 2.05 bits per heavy atom. The third-order valence-electron chi connectivity index (χ3n) is 2.72. The number of hydrogen-bond donors (Lipinski definition) is 1. The van der Waals surface area contributed by atoms with E-state index in [0.717, 1.165) is 10.5 Å². The van der Waals surface area contributed by atoms with Crippen molar-refractivity contribution < 1.29 is 19.1 Å². The molecule has 2 aromatic rings. The topological polar surface area (TPSA) is 59.7 Å². The molecule has 0 radical (unpaired) electrons. The van der Waals surface area contributed by atoms with E-state index in [1.54, 1.807) is 24.8 Å². The van der Waals surface area contributed by atoms with Gasteiger partial charge in [0.15, 0.2) is 0 Å². The Morgan fingerprint density at radius 3 is 2.70 bits per heavy atom. The summed E-state index contributed by atoms with van der Waals surface area (Å²) < 4.78 is 10.3. The summed E-state index contributed by atoms with van der Waals surface area (Å²) in [5.41, 5.74) is 1.35. The van der Waals surface area contributed by atoms with Gasteiger partial charge < -0.3 is 14.3 Å². The highest BCUT2D eigenvalue weighted by molar-refractivity contribution is 7.98.